The number of nitrogen functional groups attached to an aromatic ring is 1. The summed E-state index contributed by atoms with van der Waals surface area (Å²) in [7, 11) is 0. The molecular weight excluding hydrogens is 202 g/mol. The Balaban J connectivity index is 2.28. The number of amides is 1. The highest BCUT2D eigenvalue weighted by molar-refractivity contribution is 5.96. The van der Waals surface area contributed by atoms with Crippen molar-refractivity contribution in [2.75, 3.05) is 23.7 Å². The largest absolute Gasteiger partial charge is 0.399 e. The van der Waals surface area contributed by atoms with Crippen LogP contribution < -0.4 is 16.4 Å². The van der Waals surface area contributed by atoms with E-state index in [9.17, 15) is 4.79 Å². The predicted molar refractivity (Wildman–Crippen MR) is 65.1 cm³/mol. The summed E-state index contributed by atoms with van der Waals surface area (Å²) in [5, 5.41) is 0. The van der Waals surface area contributed by atoms with Gasteiger partial charge >= 0.3 is 0 Å². The molecule has 0 saturated carbocycles. The fourth-order valence-electron chi connectivity index (χ4n) is 2.15. The second kappa shape index (κ2) is 4.14. The van der Waals surface area contributed by atoms with Gasteiger partial charge < -0.3 is 16.4 Å². The van der Waals surface area contributed by atoms with E-state index in [1.165, 1.54) is 0 Å². The highest BCUT2D eigenvalue weighted by Crippen LogP contribution is 2.28. The van der Waals surface area contributed by atoms with Crippen LogP contribution in [0.4, 0.5) is 11.4 Å². The molecule has 1 aromatic carbocycles. The van der Waals surface area contributed by atoms with Crippen molar-refractivity contribution >= 4 is 17.3 Å². The molecule has 2 rings (SSSR count). The molecule has 1 aliphatic heterocycles. The van der Waals surface area contributed by atoms with Crippen LogP contribution in [0.25, 0.3) is 0 Å². The molecule has 1 aromatic rings. The van der Waals surface area contributed by atoms with Crippen molar-refractivity contribution in [2.24, 2.45) is 11.7 Å². The third-order valence-corrected chi connectivity index (χ3v) is 3.05. The van der Waals surface area contributed by atoms with Gasteiger partial charge in [0.2, 0.25) is 5.91 Å². The van der Waals surface area contributed by atoms with Crippen LogP contribution in [0, 0.1) is 12.8 Å². The number of carbonyl (C=O) groups is 1. The van der Waals surface area contributed by atoms with Crippen molar-refractivity contribution in [2.45, 2.75) is 13.3 Å². The first-order chi connectivity index (χ1) is 7.61. The molecule has 1 unspecified atom stereocenters. The maximum absolute atomic E-state index is 11.8. The van der Waals surface area contributed by atoms with Crippen LogP contribution in [-0.4, -0.2) is 19.0 Å². The number of rotatable bonds is 2. The Morgan fingerprint density at radius 3 is 2.81 bits per heavy atom. The molecule has 1 aliphatic rings. The summed E-state index contributed by atoms with van der Waals surface area (Å²) in [6.07, 6.45) is 0.556. The van der Waals surface area contributed by atoms with Crippen molar-refractivity contribution < 1.29 is 4.79 Å². The van der Waals surface area contributed by atoms with E-state index >= 15 is 0 Å². The molecule has 4 heteroatoms. The van der Waals surface area contributed by atoms with Gasteiger partial charge in [0.1, 0.15) is 0 Å². The van der Waals surface area contributed by atoms with Crippen LogP contribution in [0.15, 0.2) is 18.2 Å². The van der Waals surface area contributed by atoms with Crippen LogP contribution in [0.2, 0.25) is 0 Å². The van der Waals surface area contributed by atoms with E-state index in [-0.39, 0.29) is 11.8 Å². The highest BCUT2D eigenvalue weighted by Gasteiger charge is 2.30. The third-order valence-electron chi connectivity index (χ3n) is 3.05. The fraction of sp³-hybridized carbons (Fsp3) is 0.417. The minimum atomic E-state index is 0.156. The van der Waals surface area contributed by atoms with Gasteiger partial charge in [0.15, 0.2) is 0 Å². The molecule has 1 fully saturated rings. The molecule has 0 radical (unpaired) electrons. The SMILES string of the molecule is Cc1cc(N)ccc1N1CC(CN)CC1=O. The lowest BCUT2D eigenvalue weighted by Gasteiger charge is -2.19. The topological polar surface area (TPSA) is 72.3 Å². The molecular formula is C12H17N3O. The summed E-state index contributed by atoms with van der Waals surface area (Å²) in [4.78, 5) is 13.6. The molecule has 0 aliphatic carbocycles. The van der Waals surface area contributed by atoms with E-state index in [0.29, 0.717) is 13.0 Å². The lowest BCUT2D eigenvalue weighted by atomic mass is 10.1. The van der Waals surface area contributed by atoms with E-state index < -0.39 is 0 Å². The molecule has 1 atom stereocenters. The summed E-state index contributed by atoms with van der Waals surface area (Å²) in [5.41, 5.74) is 14.0. The zero-order valence-corrected chi connectivity index (χ0v) is 9.44. The number of anilines is 2. The maximum atomic E-state index is 11.8. The zero-order chi connectivity index (χ0) is 11.7. The summed E-state index contributed by atoms with van der Waals surface area (Å²) in [5.74, 6) is 0.438. The first kappa shape index (κ1) is 11.0. The number of nitrogens with zero attached hydrogens (tertiary/aromatic N) is 1. The number of hydrogen-bond donors (Lipinski definition) is 2. The molecule has 1 amide bonds. The van der Waals surface area contributed by atoms with Crippen molar-refractivity contribution in [3.8, 4) is 0 Å². The van der Waals surface area contributed by atoms with E-state index in [1.54, 1.807) is 0 Å². The summed E-state index contributed by atoms with van der Waals surface area (Å²) >= 11 is 0. The Kier molecular flexibility index (Phi) is 2.83. The lowest BCUT2D eigenvalue weighted by Crippen LogP contribution is -2.26. The number of carbonyl (C=O) groups excluding carboxylic acids is 1. The second-order valence-electron chi connectivity index (χ2n) is 4.36. The van der Waals surface area contributed by atoms with Crippen molar-refractivity contribution in [1.29, 1.82) is 0 Å². The van der Waals surface area contributed by atoms with Crippen molar-refractivity contribution in [3.05, 3.63) is 23.8 Å². The predicted octanol–water partition coefficient (Wildman–Crippen LogP) is 0.889. The molecule has 1 heterocycles. The van der Waals surface area contributed by atoms with Gasteiger partial charge in [-0.1, -0.05) is 0 Å². The average Bonchev–Trinajstić information content (AvgIpc) is 2.60. The third kappa shape index (κ3) is 1.88. The minimum absolute atomic E-state index is 0.156. The summed E-state index contributed by atoms with van der Waals surface area (Å²) < 4.78 is 0. The van der Waals surface area contributed by atoms with E-state index in [4.69, 9.17) is 11.5 Å². The van der Waals surface area contributed by atoms with Gasteiger partial charge in [0.05, 0.1) is 0 Å². The van der Waals surface area contributed by atoms with Gasteiger partial charge in [-0.05, 0) is 43.1 Å². The number of aryl methyl sites for hydroxylation is 1. The van der Waals surface area contributed by atoms with Gasteiger partial charge in [0, 0.05) is 24.3 Å². The Morgan fingerprint density at radius 2 is 2.25 bits per heavy atom. The average molecular weight is 219 g/mol. The quantitative estimate of drug-likeness (QED) is 0.725. The van der Waals surface area contributed by atoms with Crippen LogP contribution >= 0.6 is 0 Å². The van der Waals surface area contributed by atoms with Gasteiger partial charge in [-0.15, -0.1) is 0 Å². The van der Waals surface area contributed by atoms with E-state index in [1.807, 2.05) is 30.0 Å². The molecule has 16 heavy (non-hydrogen) atoms. The summed E-state index contributed by atoms with van der Waals surface area (Å²) in [6.45, 7) is 3.26. The van der Waals surface area contributed by atoms with Crippen LogP contribution in [0.3, 0.4) is 0 Å². The first-order valence-corrected chi connectivity index (χ1v) is 5.48. The standard InChI is InChI=1S/C12H17N3O/c1-8-4-10(14)2-3-11(8)15-7-9(6-13)5-12(15)16/h2-4,9H,5-7,13-14H2,1H3. The number of benzene rings is 1. The zero-order valence-electron chi connectivity index (χ0n) is 9.44. The molecule has 86 valence electrons. The molecule has 1 saturated heterocycles. The molecule has 4 nitrogen and oxygen atoms in total. The van der Waals surface area contributed by atoms with Crippen LogP contribution in [-0.2, 0) is 4.79 Å². The smallest absolute Gasteiger partial charge is 0.227 e. The molecule has 0 spiro atoms. The Morgan fingerprint density at radius 1 is 1.50 bits per heavy atom. The van der Waals surface area contributed by atoms with Gasteiger partial charge in [0.25, 0.3) is 0 Å². The number of nitrogens with two attached hydrogens (primary N) is 2. The number of hydrogen-bond acceptors (Lipinski definition) is 3. The second-order valence-corrected chi connectivity index (χ2v) is 4.36. The van der Waals surface area contributed by atoms with Gasteiger partial charge in [-0.3, -0.25) is 4.79 Å². The Bertz CT molecular complexity index is 417. The Hall–Kier alpha value is -1.55. The molecule has 4 N–H and O–H groups in total. The maximum Gasteiger partial charge on any atom is 0.227 e. The van der Waals surface area contributed by atoms with Gasteiger partial charge in [-0.2, -0.15) is 0 Å². The lowest BCUT2D eigenvalue weighted by molar-refractivity contribution is -0.117. The minimum Gasteiger partial charge on any atom is -0.399 e. The van der Waals surface area contributed by atoms with Crippen molar-refractivity contribution in [3.63, 3.8) is 0 Å². The fourth-order valence-corrected chi connectivity index (χ4v) is 2.15. The van der Waals surface area contributed by atoms with Crippen molar-refractivity contribution in [1.82, 2.24) is 0 Å². The summed E-state index contributed by atoms with van der Waals surface area (Å²) in [6, 6.07) is 5.62. The first-order valence-electron chi connectivity index (χ1n) is 5.48. The normalized spacial score (nSPS) is 20.5. The Labute approximate surface area is 95.2 Å². The van der Waals surface area contributed by atoms with Crippen LogP contribution in [0.5, 0.6) is 0 Å². The highest BCUT2D eigenvalue weighted by atomic mass is 16.2. The van der Waals surface area contributed by atoms with E-state index in [0.717, 1.165) is 23.5 Å². The van der Waals surface area contributed by atoms with E-state index in [2.05, 4.69) is 0 Å². The molecule has 0 bridgehead atoms. The monoisotopic (exact) mass is 219 g/mol. The van der Waals surface area contributed by atoms with Gasteiger partial charge in [-0.25, -0.2) is 0 Å². The van der Waals surface area contributed by atoms with Crippen LogP contribution in [0.1, 0.15) is 12.0 Å². The molecule has 0 aromatic heterocycles.